The Morgan fingerprint density at radius 1 is 1.43 bits per heavy atom. The number of nitrogens with zero attached hydrogens (tertiary/aromatic N) is 2. The topological polar surface area (TPSA) is 55.6 Å². The maximum atomic E-state index is 12.2. The molecule has 1 amide bonds. The number of carbonyl (C=O) groups is 1. The van der Waals surface area contributed by atoms with Gasteiger partial charge in [-0.15, -0.1) is 0 Å². The standard InChI is InChI=1S/C14H12Cl2N2O3/c15-10-1-2-13(11(16)5-10)20-8-14(19)18-4-3-12-9(7-18)6-17-21-12/h1-2,5-6H,3-4,7-8H2. The molecule has 0 aliphatic carbocycles. The van der Waals surface area contributed by atoms with Gasteiger partial charge in [-0.05, 0) is 18.2 Å². The lowest BCUT2D eigenvalue weighted by atomic mass is 10.1. The molecule has 110 valence electrons. The number of hydrogen-bond donors (Lipinski definition) is 0. The van der Waals surface area contributed by atoms with Crippen molar-refractivity contribution in [2.75, 3.05) is 13.2 Å². The van der Waals surface area contributed by atoms with E-state index < -0.39 is 0 Å². The minimum Gasteiger partial charge on any atom is -0.482 e. The molecule has 7 heteroatoms. The second kappa shape index (κ2) is 5.95. The summed E-state index contributed by atoms with van der Waals surface area (Å²) in [4.78, 5) is 13.9. The quantitative estimate of drug-likeness (QED) is 0.870. The summed E-state index contributed by atoms with van der Waals surface area (Å²) in [6.07, 6.45) is 2.31. The van der Waals surface area contributed by atoms with E-state index in [-0.39, 0.29) is 12.5 Å². The van der Waals surface area contributed by atoms with Gasteiger partial charge in [0.2, 0.25) is 0 Å². The van der Waals surface area contributed by atoms with Crippen molar-refractivity contribution >= 4 is 29.1 Å². The predicted molar refractivity (Wildman–Crippen MR) is 77.6 cm³/mol. The van der Waals surface area contributed by atoms with Gasteiger partial charge in [-0.3, -0.25) is 4.79 Å². The first-order valence-electron chi connectivity index (χ1n) is 6.41. The van der Waals surface area contributed by atoms with E-state index in [1.54, 1.807) is 29.3 Å². The van der Waals surface area contributed by atoms with Crippen molar-refractivity contribution in [1.82, 2.24) is 10.1 Å². The van der Waals surface area contributed by atoms with Crippen molar-refractivity contribution in [1.29, 1.82) is 0 Å². The number of carbonyl (C=O) groups excluding carboxylic acids is 1. The van der Waals surface area contributed by atoms with E-state index in [4.69, 9.17) is 32.5 Å². The maximum absolute atomic E-state index is 12.2. The van der Waals surface area contributed by atoms with Crippen molar-refractivity contribution in [2.45, 2.75) is 13.0 Å². The molecule has 0 radical (unpaired) electrons. The van der Waals surface area contributed by atoms with Crippen LogP contribution in [-0.4, -0.2) is 29.1 Å². The third kappa shape index (κ3) is 3.14. The number of hydrogen-bond acceptors (Lipinski definition) is 4. The molecule has 0 saturated carbocycles. The molecule has 2 aromatic rings. The van der Waals surface area contributed by atoms with E-state index in [0.717, 1.165) is 11.3 Å². The smallest absolute Gasteiger partial charge is 0.260 e. The first-order chi connectivity index (χ1) is 10.1. The van der Waals surface area contributed by atoms with Gasteiger partial charge in [-0.25, -0.2) is 0 Å². The second-order valence-electron chi connectivity index (χ2n) is 4.70. The molecule has 0 N–H and O–H groups in total. The molecule has 0 atom stereocenters. The summed E-state index contributed by atoms with van der Waals surface area (Å²) in [6.45, 7) is 1.02. The molecule has 5 nitrogen and oxygen atoms in total. The molecule has 1 aromatic heterocycles. The molecule has 21 heavy (non-hydrogen) atoms. The first-order valence-corrected chi connectivity index (χ1v) is 7.17. The Labute approximate surface area is 131 Å². The Hall–Kier alpha value is -1.72. The molecule has 0 bridgehead atoms. The Kier molecular flexibility index (Phi) is 4.03. The summed E-state index contributed by atoms with van der Waals surface area (Å²) in [5.74, 6) is 1.19. The summed E-state index contributed by atoms with van der Waals surface area (Å²) in [5.41, 5.74) is 0.944. The number of halogens is 2. The van der Waals surface area contributed by atoms with Crippen molar-refractivity contribution in [2.24, 2.45) is 0 Å². The van der Waals surface area contributed by atoms with E-state index in [1.165, 1.54) is 0 Å². The van der Waals surface area contributed by atoms with Crippen LogP contribution in [0.3, 0.4) is 0 Å². The van der Waals surface area contributed by atoms with Crippen molar-refractivity contribution in [3.05, 3.63) is 45.8 Å². The van der Waals surface area contributed by atoms with Crippen LogP contribution in [-0.2, 0) is 17.8 Å². The predicted octanol–water partition coefficient (Wildman–Crippen LogP) is 2.95. The van der Waals surface area contributed by atoms with Crippen LogP contribution in [0.5, 0.6) is 5.75 Å². The van der Waals surface area contributed by atoms with Gasteiger partial charge in [-0.1, -0.05) is 28.4 Å². The third-order valence-electron chi connectivity index (χ3n) is 3.30. The maximum Gasteiger partial charge on any atom is 0.260 e. The van der Waals surface area contributed by atoms with E-state index in [9.17, 15) is 4.79 Å². The summed E-state index contributed by atoms with van der Waals surface area (Å²) in [5, 5.41) is 4.64. The molecule has 0 unspecified atom stereocenters. The fourth-order valence-electron chi connectivity index (χ4n) is 2.18. The molecule has 1 aliphatic heterocycles. The highest BCUT2D eigenvalue weighted by Gasteiger charge is 2.23. The highest BCUT2D eigenvalue weighted by Crippen LogP contribution is 2.27. The Balaban J connectivity index is 1.60. The number of amides is 1. The van der Waals surface area contributed by atoms with E-state index in [2.05, 4.69) is 5.16 Å². The normalized spacial score (nSPS) is 13.9. The van der Waals surface area contributed by atoms with Gasteiger partial charge in [0.1, 0.15) is 11.5 Å². The average molecular weight is 327 g/mol. The van der Waals surface area contributed by atoms with Crippen LogP contribution in [0.25, 0.3) is 0 Å². The van der Waals surface area contributed by atoms with Crippen LogP contribution in [0.2, 0.25) is 10.0 Å². The zero-order chi connectivity index (χ0) is 14.8. The largest absolute Gasteiger partial charge is 0.482 e. The fraction of sp³-hybridized carbons (Fsp3) is 0.286. The zero-order valence-electron chi connectivity index (χ0n) is 11.0. The monoisotopic (exact) mass is 326 g/mol. The van der Waals surface area contributed by atoms with Crippen LogP contribution in [0.1, 0.15) is 11.3 Å². The molecule has 0 fully saturated rings. The van der Waals surface area contributed by atoms with Gasteiger partial charge in [0.25, 0.3) is 5.91 Å². The van der Waals surface area contributed by atoms with Gasteiger partial charge < -0.3 is 14.2 Å². The van der Waals surface area contributed by atoms with E-state index in [0.29, 0.717) is 35.3 Å². The third-order valence-corrected chi connectivity index (χ3v) is 3.83. The summed E-state index contributed by atoms with van der Waals surface area (Å²) in [6, 6.07) is 4.89. The number of fused-ring (bicyclic) bond motifs is 1. The van der Waals surface area contributed by atoms with Gasteiger partial charge in [0.05, 0.1) is 17.8 Å². The number of ether oxygens (including phenoxy) is 1. The Bertz CT molecular complexity index is 672. The summed E-state index contributed by atoms with van der Waals surface area (Å²) in [7, 11) is 0. The van der Waals surface area contributed by atoms with Crippen LogP contribution in [0, 0.1) is 0 Å². The molecule has 0 saturated heterocycles. The first kappa shape index (κ1) is 14.2. The zero-order valence-corrected chi connectivity index (χ0v) is 12.5. The lowest BCUT2D eigenvalue weighted by Crippen LogP contribution is -2.38. The molecular weight excluding hydrogens is 315 g/mol. The number of rotatable bonds is 3. The molecule has 3 rings (SSSR count). The molecule has 0 spiro atoms. The van der Waals surface area contributed by atoms with Crippen molar-refractivity contribution < 1.29 is 14.1 Å². The van der Waals surface area contributed by atoms with Crippen molar-refractivity contribution in [3.63, 3.8) is 0 Å². The van der Waals surface area contributed by atoms with Crippen molar-refractivity contribution in [3.8, 4) is 5.75 Å². The molecule has 1 aliphatic rings. The number of aromatic nitrogens is 1. The highest BCUT2D eigenvalue weighted by molar-refractivity contribution is 6.35. The van der Waals surface area contributed by atoms with Gasteiger partial charge in [0.15, 0.2) is 6.61 Å². The minimum absolute atomic E-state index is 0.0675. The minimum atomic E-state index is -0.104. The van der Waals surface area contributed by atoms with Gasteiger partial charge in [-0.2, -0.15) is 0 Å². The van der Waals surface area contributed by atoms with Crippen LogP contribution < -0.4 is 4.74 Å². The van der Waals surface area contributed by atoms with Gasteiger partial charge in [0, 0.05) is 23.6 Å². The molecular formula is C14H12Cl2N2O3. The highest BCUT2D eigenvalue weighted by atomic mass is 35.5. The van der Waals surface area contributed by atoms with Crippen LogP contribution >= 0.6 is 23.2 Å². The van der Waals surface area contributed by atoms with E-state index >= 15 is 0 Å². The van der Waals surface area contributed by atoms with Gasteiger partial charge >= 0.3 is 0 Å². The Morgan fingerprint density at radius 2 is 2.29 bits per heavy atom. The van der Waals surface area contributed by atoms with Crippen LogP contribution in [0.4, 0.5) is 0 Å². The Morgan fingerprint density at radius 3 is 3.10 bits per heavy atom. The second-order valence-corrected chi connectivity index (χ2v) is 5.55. The lowest BCUT2D eigenvalue weighted by Gasteiger charge is -2.25. The lowest BCUT2D eigenvalue weighted by molar-refractivity contribution is -0.134. The fourth-order valence-corrected chi connectivity index (χ4v) is 2.64. The average Bonchev–Trinajstić information content (AvgIpc) is 2.93. The molecule has 1 aromatic carbocycles. The van der Waals surface area contributed by atoms with Crippen LogP contribution in [0.15, 0.2) is 28.9 Å². The summed E-state index contributed by atoms with van der Waals surface area (Å²) >= 11 is 11.8. The van der Waals surface area contributed by atoms with E-state index in [1.807, 2.05) is 0 Å². The number of benzene rings is 1. The molecule has 2 heterocycles. The SMILES string of the molecule is O=C(COc1ccc(Cl)cc1Cl)N1CCc2oncc2C1. The summed E-state index contributed by atoms with van der Waals surface area (Å²) < 4.78 is 10.5.